The molecule has 0 aliphatic carbocycles. The molecule has 1 unspecified atom stereocenters. The number of nitrogens with zero attached hydrogens (tertiary/aromatic N) is 2. The lowest BCUT2D eigenvalue weighted by atomic mass is 10.2. The highest BCUT2D eigenvalue weighted by atomic mass is 35.5. The summed E-state index contributed by atoms with van der Waals surface area (Å²) in [5.41, 5.74) is 2.95. The van der Waals surface area contributed by atoms with E-state index < -0.39 is 19.3 Å². The van der Waals surface area contributed by atoms with Gasteiger partial charge in [-0.1, -0.05) is 48.0 Å². The molecule has 10 heteroatoms. The summed E-state index contributed by atoms with van der Waals surface area (Å²) in [6.45, 7) is 0. The first-order valence-corrected chi connectivity index (χ1v) is 13.4. The smallest absolute Gasteiger partial charge is 0.414 e. The van der Waals surface area contributed by atoms with Crippen LogP contribution in [0.2, 0.25) is 5.02 Å². The fourth-order valence-electron chi connectivity index (χ4n) is 3.44. The largest absolute Gasteiger partial charge is 0.457 e. The van der Waals surface area contributed by atoms with Crippen LogP contribution in [-0.2, 0) is 4.57 Å². The van der Waals surface area contributed by atoms with Gasteiger partial charge in [0, 0.05) is 17.4 Å². The third-order valence-corrected chi connectivity index (χ3v) is 8.02. The van der Waals surface area contributed by atoms with Crippen molar-refractivity contribution in [3.05, 3.63) is 113 Å². The van der Waals surface area contributed by atoms with E-state index >= 15 is 4.39 Å². The Morgan fingerprint density at radius 1 is 0.914 bits per heavy atom. The van der Waals surface area contributed by atoms with E-state index in [1.165, 1.54) is 23.6 Å². The van der Waals surface area contributed by atoms with Crippen LogP contribution in [0.4, 0.5) is 10.1 Å². The summed E-state index contributed by atoms with van der Waals surface area (Å²) in [6.07, 6.45) is 1.18. The second-order valence-electron chi connectivity index (χ2n) is 7.46. The van der Waals surface area contributed by atoms with Crippen LogP contribution in [0.15, 0.2) is 96.6 Å². The predicted octanol–water partition coefficient (Wildman–Crippen LogP) is 7.95. The fourth-order valence-corrected chi connectivity index (χ4v) is 6.18. The number of rotatable bonds is 8. The molecule has 5 rings (SSSR count). The third-order valence-electron chi connectivity index (χ3n) is 5.03. The lowest BCUT2D eigenvalue weighted by Gasteiger charge is -2.29. The van der Waals surface area contributed by atoms with Crippen LogP contribution in [0.5, 0.6) is 11.5 Å². The number of anilines is 1. The molecule has 1 atom stereocenters. The molecule has 0 fully saturated rings. The van der Waals surface area contributed by atoms with Crippen molar-refractivity contribution >= 4 is 46.4 Å². The van der Waals surface area contributed by atoms with Crippen LogP contribution in [0.1, 0.15) is 11.3 Å². The van der Waals surface area contributed by atoms with Gasteiger partial charge in [0.1, 0.15) is 11.5 Å². The van der Waals surface area contributed by atoms with E-state index in [2.05, 4.69) is 15.3 Å². The first-order valence-electron chi connectivity index (χ1n) is 10.5. The molecular formula is C25H18ClFN3O3PS. The van der Waals surface area contributed by atoms with Crippen molar-refractivity contribution in [2.75, 3.05) is 5.32 Å². The summed E-state index contributed by atoms with van der Waals surface area (Å²) in [5, 5.41) is 3.31. The maximum absolute atomic E-state index is 15.1. The Bertz CT molecular complexity index is 1460. The minimum Gasteiger partial charge on any atom is -0.414 e. The van der Waals surface area contributed by atoms with E-state index in [9.17, 15) is 4.57 Å². The minimum atomic E-state index is -4.22. The van der Waals surface area contributed by atoms with Gasteiger partial charge >= 0.3 is 7.60 Å². The van der Waals surface area contributed by atoms with Gasteiger partial charge < -0.3 is 14.4 Å². The van der Waals surface area contributed by atoms with Crippen LogP contribution >= 0.6 is 30.5 Å². The Morgan fingerprint density at radius 3 is 2.23 bits per heavy atom. The van der Waals surface area contributed by atoms with Gasteiger partial charge in [0.15, 0.2) is 5.78 Å². The van der Waals surface area contributed by atoms with Crippen LogP contribution in [0, 0.1) is 5.95 Å². The molecule has 0 spiro atoms. The number of nitrogens with one attached hydrogen (secondary N) is 1. The molecule has 0 saturated heterocycles. The maximum Gasteiger partial charge on any atom is 0.457 e. The summed E-state index contributed by atoms with van der Waals surface area (Å²) in [6, 6.07) is 23.9. The van der Waals surface area contributed by atoms with E-state index in [4.69, 9.17) is 20.6 Å². The molecule has 0 bridgehead atoms. The topological polar surface area (TPSA) is 73.3 Å². The van der Waals surface area contributed by atoms with Gasteiger partial charge in [-0.15, -0.1) is 11.3 Å². The van der Waals surface area contributed by atoms with Crippen molar-refractivity contribution in [2.24, 2.45) is 0 Å². The van der Waals surface area contributed by atoms with E-state index in [1.807, 2.05) is 6.07 Å². The number of benzene rings is 3. The van der Waals surface area contributed by atoms with Crippen LogP contribution in [-0.4, -0.2) is 9.97 Å². The molecule has 0 saturated carbocycles. The van der Waals surface area contributed by atoms with Gasteiger partial charge in [-0.3, -0.25) is 0 Å². The van der Waals surface area contributed by atoms with Crippen molar-refractivity contribution in [3.63, 3.8) is 0 Å². The summed E-state index contributed by atoms with van der Waals surface area (Å²) in [7, 11) is -4.22. The minimum absolute atomic E-state index is 0.0638. The quantitative estimate of drug-likeness (QED) is 0.164. The molecule has 2 heterocycles. The Labute approximate surface area is 209 Å². The second kappa shape index (κ2) is 10.0. The van der Waals surface area contributed by atoms with E-state index in [1.54, 1.807) is 78.3 Å². The summed E-state index contributed by atoms with van der Waals surface area (Å²) in [5.74, 6) is -1.56. The van der Waals surface area contributed by atoms with Crippen LogP contribution in [0.25, 0.3) is 10.2 Å². The van der Waals surface area contributed by atoms with Crippen molar-refractivity contribution < 1.29 is 18.0 Å². The van der Waals surface area contributed by atoms with Crippen LogP contribution < -0.4 is 14.4 Å². The summed E-state index contributed by atoms with van der Waals surface area (Å²) < 4.78 is 42.6. The van der Waals surface area contributed by atoms with Crippen molar-refractivity contribution in [3.8, 4) is 11.5 Å². The maximum atomic E-state index is 15.1. The van der Waals surface area contributed by atoms with Gasteiger partial charge in [0.25, 0.3) is 0 Å². The molecule has 6 nitrogen and oxygen atoms in total. The monoisotopic (exact) mass is 525 g/mol. The second-order valence-corrected chi connectivity index (χ2v) is 10.7. The zero-order chi connectivity index (χ0) is 24.3. The molecule has 1 N–H and O–H groups in total. The van der Waals surface area contributed by atoms with Gasteiger partial charge in [0.2, 0.25) is 5.95 Å². The molecule has 0 aliphatic rings. The molecule has 35 heavy (non-hydrogen) atoms. The van der Waals surface area contributed by atoms with Crippen molar-refractivity contribution in [1.82, 2.24) is 9.97 Å². The molecule has 176 valence electrons. The van der Waals surface area contributed by atoms with E-state index in [-0.39, 0.29) is 10.6 Å². The molecule has 2 aromatic heterocycles. The van der Waals surface area contributed by atoms with Gasteiger partial charge in [-0.2, -0.15) is 4.39 Å². The van der Waals surface area contributed by atoms with Gasteiger partial charge in [0.05, 0.1) is 20.7 Å². The average Bonchev–Trinajstić information content (AvgIpc) is 3.33. The first kappa shape index (κ1) is 23.3. The molecule has 0 amide bonds. The number of hydrogen-bond donors (Lipinski definition) is 1. The number of fused-ring (bicyclic) bond motifs is 1. The zero-order valence-electron chi connectivity index (χ0n) is 18.0. The first-order chi connectivity index (χ1) is 17.0. The molecule has 0 aliphatic heterocycles. The molecular weight excluding hydrogens is 508 g/mol. The third kappa shape index (κ3) is 5.30. The van der Waals surface area contributed by atoms with E-state index in [0.29, 0.717) is 17.2 Å². The Balaban J connectivity index is 1.64. The number of pyridine rings is 1. The predicted molar refractivity (Wildman–Crippen MR) is 137 cm³/mol. The zero-order valence-corrected chi connectivity index (χ0v) is 20.5. The highest BCUT2D eigenvalue weighted by Gasteiger charge is 2.43. The fraction of sp³-hybridized carbons (Fsp3) is 0.0400. The van der Waals surface area contributed by atoms with Gasteiger partial charge in [-0.25, -0.2) is 14.5 Å². The van der Waals surface area contributed by atoms with E-state index in [0.717, 1.165) is 10.2 Å². The summed E-state index contributed by atoms with van der Waals surface area (Å²) >= 11 is 7.66. The normalized spacial score (nSPS) is 12.3. The number of aromatic nitrogens is 2. The van der Waals surface area contributed by atoms with Crippen molar-refractivity contribution in [1.29, 1.82) is 0 Å². The molecule has 5 aromatic rings. The Morgan fingerprint density at radius 2 is 1.57 bits per heavy atom. The highest BCUT2D eigenvalue weighted by molar-refractivity contribution is 7.55. The number of thiazole rings is 1. The molecule has 0 radical (unpaired) electrons. The Kier molecular flexibility index (Phi) is 6.68. The van der Waals surface area contributed by atoms with Crippen LogP contribution in [0.3, 0.4) is 0 Å². The number of halogens is 2. The lowest BCUT2D eigenvalue weighted by Crippen LogP contribution is -2.20. The SMILES string of the molecule is O=P(Oc1ccccc1)(Oc1ccccc1)C(Nc1ccc2scnc2c1)c1cc(Cl)cnc1F. The van der Waals surface area contributed by atoms with Crippen molar-refractivity contribution in [2.45, 2.75) is 5.78 Å². The number of hydrogen-bond acceptors (Lipinski definition) is 7. The van der Waals surface area contributed by atoms with Gasteiger partial charge in [-0.05, 0) is 48.5 Å². The summed E-state index contributed by atoms with van der Waals surface area (Å²) in [4.78, 5) is 8.06. The standard InChI is InChI=1S/C25H18ClFN3O3PS/c26-17-13-21(24(27)28-15-17)25(30-18-11-12-23-22(14-18)29-16-35-23)34(31,32-19-7-3-1-4-8-19)33-20-9-5-2-6-10-20/h1-16,25,30H. The highest BCUT2D eigenvalue weighted by Crippen LogP contribution is 2.60. The Hall–Kier alpha value is -3.45. The molecule has 3 aromatic carbocycles. The average molecular weight is 526 g/mol. The lowest BCUT2D eigenvalue weighted by molar-refractivity contribution is 0.374. The number of para-hydroxylation sites is 2.